The summed E-state index contributed by atoms with van der Waals surface area (Å²) in [7, 11) is 0. The predicted molar refractivity (Wildman–Crippen MR) is 86.1 cm³/mol. The lowest BCUT2D eigenvalue weighted by molar-refractivity contribution is 0.526. The second-order valence-electron chi connectivity index (χ2n) is 4.72. The van der Waals surface area contributed by atoms with Crippen molar-refractivity contribution >= 4 is 23.5 Å². The maximum atomic E-state index is 12.8. The fourth-order valence-electron chi connectivity index (χ4n) is 1.89. The van der Waals surface area contributed by atoms with Gasteiger partial charge in [0, 0.05) is 22.4 Å². The van der Waals surface area contributed by atoms with Crippen LogP contribution >= 0.6 is 23.5 Å². The summed E-state index contributed by atoms with van der Waals surface area (Å²) in [5.41, 5.74) is 5.68. The van der Waals surface area contributed by atoms with Crippen molar-refractivity contribution in [2.75, 3.05) is 11.5 Å². The highest BCUT2D eigenvalue weighted by Gasteiger charge is 2.13. The van der Waals surface area contributed by atoms with Gasteiger partial charge in [-0.3, -0.25) is 0 Å². The maximum Gasteiger partial charge on any atom is 0.191 e. The van der Waals surface area contributed by atoms with E-state index in [0.29, 0.717) is 12.6 Å². The van der Waals surface area contributed by atoms with Crippen LogP contribution < -0.4 is 5.73 Å². The molecule has 0 amide bonds. The van der Waals surface area contributed by atoms with Crippen molar-refractivity contribution in [3.05, 3.63) is 35.9 Å². The van der Waals surface area contributed by atoms with Crippen molar-refractivity contribution in [3.8, 4) is 0 Å². The zero-order valence-electron chi connectivity index (χ0n) is 12.1. The molecular formula is C14H19FN4S2. The van der Waals surface area contributed by atoms with E-state index in [-0.39, 0.29) is 5.82 Å². The normalized spacial score (nSPS) is 11.3. The standard InChI is InChI=1S/C14H19FN4S2/c1-10(2)19-13(9-16)17-18-14(19)21-8-7-20-12-5-3-11(15)4-6-12/h3-6,10H,7-9,16H2,1-2H3. The molecule has 1 aromatic heterocycles. The Kier molecular flexibility index (Phi) is 6.08. The number of benzene rings is 1. The van der Waals surface area contributed by atoms with Crippen molar-refractivity contribution in [1.29, 1.82) is 0 Å². The number of nitrogens with zero attached hydrogens (tertiary/aromatic N) is 3. The molecule has 4 nitrogen and oxygen atoms in total. The average Bonchev–Trinajstić information content (AvgIpc) is 2.88. The van der Waals surface area contributed by atoms with Crippen LogP contribution in [-0.2, 0) is 6.54 Å². The molecule has 7 heteroatoms. The summed E-state index contributed by atoms with van der Waals surface area (Å²) in [5, 5.41) is 9.23. The lowest BCUT2D eigenvalue weighted by atomic mass is 10.4. The number of hydrogen-bond acceptors (Lipinski definition) is 5. The van der Waals surface area contributed by atoms with Crippen LogP contribution in [0, 0.1) is 5.82 Å². The van der Waals surface area contributed by atoms with Gasteiger partial charge in [0.1, 0.15) is 11.6 Å². The molecule has 0 saturated carbocycles. The van der Waals surface area contributed by atoms with Crippen molar-refractivity contribution in [2.45, 2.75) is 36.5 Å². The van der Waals surface area contributed by atoms with Crippen LogP contribution in [0.3, 0.4) is 0 Å². The van der Waals surface area contributed by atoms with Crippen LogP contribution in [0.25, 0.3) is 0 Å². The van der Waals surface area contributed by atoms with Crippen LogP contribution in [0.5, 0.6) is 0 Å². The van der Waals surface area contributed by atoms with Gasteiger partial charge in [-0.2, -0.15) is 0 Å². The van der Waals surface area contributed by atoms with Gasteiger partial charge in [-0.1, -0.05) is 11.8 Å². The van der Waals surface area contributed by atoms with E-state index in [1.54, 1.807) is 35.7 Å². The Labute approximate surface area is 132 Å². The van der Waals surface area contributed by atoms with E-state index in [0.717, 1.165) is 27.4 Å². The minimum atomic E-state index is -0.201. The van der Waals surface area contributed by atoms with Crippen molar-refractivity contribution in [2.24, 2.45) is 5.73 Å². The van der Waals surface area contributed by atoms with Crippen LogP contribution in [0.2, 0.25) is 0 Å². The average molecular weight is 326 g/mol. The summed E-state index contributed by atoms with van der Waals surface area (Å²) in [5.74, 6) is 2.46. The molecule has 0 saturated heterocycles. The number of hydrogen-bond donors (Lipinski definition) is 1. The van der Waals surface area contributed by atoms with Gasteiger partial charge in [-0.05, 0) is 38.1 Å². The molecule has 0 atom stereocenters. The van der Waals surface area contributed by atoms with E-state index in [2.05, 4.69) is 28.6 Å². The topological polar surface area (TPSA) is 56.7 Å². The Hall–Kier alpha value is -1.05. The highest BCUT2D eigenvalue weighted by atomic mass is 32.2. The molecule has 2 aromatic rings. The Morgan fingerprint density at radius 3 is 2.43 bits per heavy atom. The lowest BCUT2D eigenvalue weighted by Gasteiger charge is -2.12. The molecule has 1 heterocycles. The number of halogens is 1. The van der Waals surface area contributed by atoms with Gasteiger partial charge in [-0.15, -0.1) is 22.0 Å². The predicted octanol–water partition coefficient (Wildman–Crippen LogP) is 3.34. The van der Waals surface area contributed by atoms with Gasteiger partial charge in [0.25, 0.3) is 0 Å². The quantitative estimate of drug-likeness (QED) is 0.625. The molecular weight excluding hydrogens is 307 g/mol. The smallest absolute Gasteiger partial charge is 0.191 e. The van der Waals surface area contributed by atoms with Crippen LogP contribution in [-0.4, -0.2) is 26.3 Å². The van der Waals surface area contributed by atoms with Crippen LogP contribution in [0.15, 0.2) is 34.3 Å². The van der Waals surface area contributed by atoms with Crippen LogP contribution in [0.1, 0.15) is 25.7 Å². The molecule has 0 radical (unpaired) electrons. The molecule has 2 N–H and O–H groups in total. The molecule has 0 bridgehead atoms. The first-order valence-electron chi connectivity index (χ1n) is 6.77. The summed E-state index contributed by atoms with van der Waals surface area (Å²) >= 11 is 3.38. The molecule has 0 fully saturated rings. The zero-order chi connectivity index (χ0) is 15.2. The van der Waals surface area contributed by atoms with E-state index in [1.165, 1.54) is 12.1 Å². The zero-order valence-corrected chi connectivity index (χ0v) is 13.8. The van der Waals surface area contributed by atoms with Crippen molar-refractivity contribution in [1.82, 2.24) is 14.8 Å². The monoisotopic (exact) mass is 326 g/mol. The van der Waals surface area contributed by atoms with Crippen LogP contribution in [0.4, 0.5) is 4.39 Å². The number of rotatable bonds is 7. The Morgan fingerprint density at radius 1 is 1.14 bits per heavy atom. The number of aromatic nitrogens is 3. The fraction of sp³-hybridized carbons (Fsp3) is 0.429. The third kappa shape index (κ3) is 4.46. The second kappa shape index (κ2) is 7.82. The molecule has 0 aliphatic heterocycles. The van der Waals surface area contributed by atoms with E-state index in [9.17, 15) is 4.39 Å². The maximum absolute atomic E-state index is 12.8. The van der Waals surface area contributed by atoms with Gasteiger partial charge in [0.05, 0.1) is 6.54 Å². The van der Waals surface area contributed by atoms with E-state index < -0.39 is 0 Å². The summed E-state index contributed by atoms with van der Waals surface area (Å²) in [6.45, 7) is 4.59. The number of thioether (sulfide) groups is 2. The highest BCUT2D eigenvalue weighted by molar-refractivity contribution is 8.02. The second-order valence-corrected chi connectivity index (χ2v) is 6.95. The van der Waals surface area contributed by atoms with E-state index >= 15 is 0 Å². The third-order valence-corrected chi connectivity index (χ3v) is 5.05. The fourth-order valence-corrected chi connectivity index (χ4v) is 3.85. The highest BCUT2D eigenvalue weighted by Crippen LogP contribution is 2.24. The Balaban J connectivity index is 1.86. The first-order chi connectivity index (χ1) is 10.1. The lowest BCUT2D eigenvalue weighted by Crippen LogP contribution is -2.11. The van der Waals surface area contributed by atoms with Gasteiger partial charge < -0.3 is 10.3 Å². The molecule has 114 valence electrons. The summed E-state index contributed by atoms with van der Waals surface area (Å²) in [6, 6.07) is 6.86. The first-order valence-corrected chi connectivity index (χ1v) is 8.74. The number of nitrogens with two attached hydrogens (primary N) is 1. The Bertz CT molecular complexity index is 569. The minimum absolute atomic E-state index is 0.201. The molecule has 0 unspecified atom stereocenters. The first kappa shape index (κ1) is 16.3. The molecule has 0 aliphatic rings. The summed E-state index contributed by atoms with van der Waals surface area (Å²) in [6.07, 6.45) is 0. The minimum Gasteiger partial charge on any atom is -0.324 e. The van der Waals surface area contributed by atoms with Gasteiger partial charge >= 0.3 is 0 Å². The molecule has 0 spiro atoms. The summed E-state index contributed by atoms with van der Waals surface area (Å²) in [4.78, 5) is 1.07. The molecule has 21 heavy (non-hydrogen) atoms. The van der Waals surface area contributed by atoms with E-state index in [4.69, 9.17) is 5.73 Å². The van der Waals surface area contributed by atoms with E-state index in [1.807, 2.05) is 0 Å². The molecule has 2 rings (SSSR count). The van der Waals surface area contributed by atoms with Crippen molar-refractivity contribution < 1.29 is 4.39 Å². The van der Waals surface area contributed by atoms with Gasteiger partial charge in [0.2, 0.25) is 0 Å². The van der Waals surface area contributed by atoms with Gasteiger partial charge in [0.15, 0.2) is 5.16 Å². The Morgan fingerprint density at radius 2 is 1.81 bits per heavy atom. The molecule has 0 aliphatic carbocycles. The third-order valence-electron chi connectivity index (χ3n) is 2.83. The summed E-state index contributed by atoms with van der Waals surface area (Å²) < 4.78 is 14.9. The SMILES string of the molecule is CC(C)n1c(CN)nnc1SCCSc1ccc(F)cc1. The van der Waals surface area contributed by atoms with Gasteiger partial charge in [-0.25, -0.2) is 4.39 Å². The van der Waals surface area contributed by atoms with Crippen molar-refractivity contribution in [3.63, 3.8) is 0 Å². The largest absolute Gasteiger partial charge is 0.324 e. The molecule has 1 aromatic carbocycles.